The van der Waals surface area contributed by atoms with Gasteiger partial charge in [-0.2, -0.15) is 11.8 Å². The van der Waals surface area contributed by atoms with E-state index in [1.54, 1.807) is 0 Å². The molecule has 0 aromatic heterocycles. The van der Waals surface area contributed by atoms with Crippen LogP contribution in [0, 0.1) is 5.92 Å². The number of benzene rings is 1. The monoisotopic (exact) mass is 412 g/mol. The van der Waals surface area contributed by atoms with Crippen molar-refractivity contribution in [3.8, 4) is 0 Å². The SMILES string of the molecule is CN=C(NCCCCSC)NCC1CCN(c2ccc(Br)cc2)C1. The van der Waals surface area contributed by atoms with E-state index in [0.717, 1.165) is 36.6 Å². The van der Waals surface area contributed by atoms with Crippen LogP contribution in [0.4, 0.5) is 5.69 Å². The molecule has 2 rings (SSSR count). The number of hydrogen-bond acceptors (Lipinski definition) is 3. The Balaban J connectivity index is 1.67. The van der Waals surface area contributed by atoms with Crippen molar-refractivity contribution in [2.24, 2.45) is 10.9 Å². The summed E-state index contributed by atoms with van der Waals surface area (Å²) in [5, 5.41) is 6.90. The topological polar surface area (TPSA) is 39.7 Å². The third-order valence-corrected chi connectivity index (χ3v) is 5.55. The highest BCUT2D eigenvalue weighted by atomic mass is 79.9. The lowest BCUT2D eigenvalue weighted by molar-refractivity contribution is 0.565. The van der Waals surface area contributed by atoms with Gasteiger partial charge in [0.25, 0.3) is 0 Å². The minimum absolute atomic E-state index is 0.670. The molecule has 1 aromatic rings. The molecule has 1 saturated heterocycles. The van der Waals surface area contributed by atoms with E-state index in [2.05, 4.69) is 67.0 Å². The molecule has 0 aliphatic carbocycles. The van der Waals surface area contributed by atoms with E-state index < -0.39 is 0 Å². The van der Waals surface area contributed by atoms with Gasteiger partial charge in [-0.1, -0.05) is 15.9 Å². The number of guanidine groups is 1. The van der Waals surface area contributed by atoms with Crippen molar-refractivity contribution in [2.75, 3.05) is 50.1 Å². The molecule has 1 heterocycles. The van der Waals surface area contributed by atoms with Crippen molar-refractivity contribution in [1.82, 2.24) is 10.6 Å². The van der Waals surface area contributed by atoms with Gasteiger partial charge in [0, 0.05) is 43.4 Å². The van der Waals surface area contributed by atoms with Crippen LogP contribution in [0.25, 0.3) is 0 Å². The number of nitrogens with zero attached hydrogens (tertiary/aromatic N) is 2. The molecule has 0 amide bonds. The number of thioether (sulfide) groups is 1. The Morgan fingerprint density at radius 3 is 2.79 bits per heavy atom. The van der Waals surface area contributed by atoms with Gasteiger partial charge in [0.1, 0.15) is 0 Å². The standard InChI is InChI=1S/C18H29BrN4S/c1-20-18(21-10-3-4-12-24-2)22-13-15-9-11-23(14-15)17-7-5-16(19)6-8-17/h5-8,15H,3-4,9-14H2,1-2H3,(H2,20,21,22). The van der Waals surface area contributed by atoms with E-state index in [1.165, 1.54) is 30.7 Å². The molecule has 0 bridgehead atoms. The molecular weight excluding hydrogens is 384 g/mol. The summed E-state index contributed by atoms with van der Waals surface area (Å²) < 4.78 is 1.14. The van der Waals surface area contributed by atoms with Gasteiger partial charge < -0.3 is 15.5 Å². The number of nitrogens with one attached hydrogen (secondary N) is 2. The molecule has 0 radical (unpaired) electrons. The summed E-state index contributed by atoms with van der Waals surface area (Å²) in [6, 6.07) is 8.61. The smallest absolute Gasteiger partial charge is 0.190 e. The van der Waals surface area contributed by atoms with Gasteiger partial charge in [-0.3, -0.25) is 4.99 Å². The Kier molecular flexibility index (Phi) is 8.81. The molecule has 2 N–H and O–H groups in total. The second-order valence-corrected chi connectivity index (χ2v) is 8.06. The molecule has 24 heavy (non-hydrogen) atoms. The van der Waals surface area contributed by atoms with Crippen molar-refractivity contribution in [2.45, 2.75) is 19.3 Å². The normalized spacial score (nSPS) is 18.0. The van der Waals surface area contributed by atoms with Crippen LogP contribution in [0.3, 0.4) is 0 Å². The first-order valence-electron chi connectivity index (χ1n) is 8.67. The van der Waals surface area contributed by atoms with Crippen LogP contribution >= 0.6 is 27.7 Å². The predicted octanol–water partition coefficient (Wildman–Crippen LogP) is 3.58. The van der Waals surface area contributed by atoms with Crippen molar-refractivity contribution >= 4 is 39.3 Å². The van der Waals surface area contributed by atoms with Gasteiger partial charge in [-0.15, -0.1) is 0 Å². The molecule has 1 unspecified atom stereocenters. The summed E-state index contributed by atoms with van der Waals surface area (Å²) in [6.07, 6.45) is 5.85. The maximum absolute atomic E-state index is 4.32. The van der Waals surface area contributed by atoms with Crippen LogP contribution in [-0.2, 0) is 0 Å². The van der Waals surface area contributed by atoms with Crippen LogP contribution < -0.4 is 15.5 Å². The Morgan fingerprint density at radius 1 is 1.29 bits per heavy atom. The van der Waals surface area contributed by atoms with E-state index in [0.29, 0.717) is 5.92 Å². The lowest BCUT2D eigenvalue weighted by atomic mass is 10.1. The Hall–Kier alpha value is -0.880. The Morgan fingerprint density at radius 2 is 2.08 bits per heavy atom. The van der Waals surface area contributed by atoms with Crippen LogP contribution in [0.1, 0.15) is 19.3 Å². The molecule has 4 nitrogen and oxygen atoms in total. The summed E-state index contributed by atoms with van der Waals surface area (Å²) in [6.45, 7) is 4.22. The third kappa shape index (κ3) is 6.55. The third-order valence-electron chi connectivity index (χ3n) is 4.33. The molecule has 1 aliphatic heterocycles. The number of unbranched alkanes of at least 4 members (excludes halogenated alkanes) is 1. The second-order valence-electron chi connectivity index (χ2n) is 6.16. The average Bonchev–Trinajstić information content (AvgIpc) is 3.07. The maximum Gasteiger partial charge on any atom is 0.190 e. The molecule has 1 atom stereocenters. The Labute approximate surface area is 159 Å². The fraction of sp³-hybridized carbons (Fsp3) is 0.611. The van der Waals surface area contributed by atoms with E-state index in [-0.39, 0.29) is 0 Å². The Bertz CT molecular complexity index is 506. The van der Waals surface area contributed by atoms with E-state index in [1.807, 2.05) is 18.8 Å². The van der Waals surface area contributed by atoms with Crippen LogP contribution in [0.5, 0.6) is 0 Å². The van der Waals surface area contributed by atoms with E-state index >= 15 is 0 Å². The highest BCUT2D eigenvalue weighted by Crippen LogP contribution is 2.24. The van der Waals surface area contributed by atoms with Gasteiger partial charge in [0.05, 0.1) is 0 Å². The quantitative estimate of drug-likeness (QED) is 0.388. The first-order chi connectivity index (χ1) is 11.7. The molecular formula is C18H29BrN4S. The first-order valence-corrected chi connectivity index (χ1v) is 10.9. The van der Waals surface area contributed by atoms with Gasteiger partial charge in [-0.25, -0.2) is 0 Å². The summed E-state index contributed by atoms with van der Waals surface area (Å²) in [5.74, 6) is 2.84. The van der Waals surface area contributed by atoms with Gasteiger partial charge >= 0.3 is 0 Å². The van der Waals surface area contributed by atoms with Crippen molar-refractivity contribution < 1.29 is 0 Å². The molecule has 1 aliphatic rings. The fourth-order valence-electron chi connectivity index (χ4n) is 2.93. The molecule has 6 heteroatoms. The van der Waals surface area contributed by atoms with Crippen LogP contribution in [0.15, 0.2) is 33.7 Å². The maximum atomic E-state index is 4.32. The van der Waals surface area contributed by atoms with E-state index in [9.17, 15) is 0 Å². The predicted molar refractivity (Wildman–Crippen MR) is 111 cm³/mol. The number of hydrogen-bond donors (Lipinski definition) is 2. The molecule has 1 fully saturated rings. The summed E-state index contributed by atoms with van der Waals surface area (Å²) >= 11 is 5.41. The minimum atomic E-state index is 0.670. The largest absolute Gasteiger partial charge is 0.371 e. The zero-order valence-electron chi connectivity index (χ0n) is 14.7. The number of rotatable bonds is 8. The first kappa shape index (κ1) is 19.4. The second kappa shape index (κ2) is 10.9. The zero-order valence-corrected chi connectivity index (χ0v) is 17.1. The summed E-state index contributed by atoms with van der Waals surface area (Å²) in [4.78, 5) is 6.79. The van der Waals surface area contributed by atoms with Gasteiger partial charge in [0.2, 0.25) is 0 Å². The van der Waals surface area contributed by atoms with E-state index in [4.69, 9.17) is 0 Å². The number of aliphatic imine (C=N–C) groups is 1. The lowest BCUT2D eigenvalue weighted by Gasteiger charge is -2.19. The zero-order chi connectivity index (χ0) is 17.2. The average molecular weight is 413 g/mol. The molecule has 1 aromatic carbocycles. The highest BCUT2D eigenvalue weighted by Gasteiger charge is 2.22. The molecule has 134 valence electrons. The van der Waals surface area contributed by atoms with Crippen molar-refractivity contribution in [3.05, 3.63) is 28.7 Å². The molecule has 0 spiro atoms. The van der Waals surface area contributed by atoms with Crippen LogP contribution in [-0.4, -0.2) is 51.2 Å². The summed E-state index contributed by atoms with van der Waals surface area (Å²) in [7, 11) is 1.85. The van der Waals surface area contributed by atoms with Gasteiger partial charge in [0.15, 0.2) is 5.96 Å². The van der Waals surface area contributed by atoms with Crippen LogP contribution in [0.2, 0.25) is 0 Å². The number of halogens is 1. The molecule has 0 saturated carbocycles. The minimum Gasteiger partial charge on any atom is -0.371 e. The van der Waals surface area contributed by atoms with Gasteiger partial charge in [-0.05, 0) is 61.5 Å². The highest BCUT2D eigenvalue weighted by molar-refractivity contribution is 9.10. The lowest BCUT2D eigenvalue weighted by Crippen LogP contribution is -2.40. The number of anilines is 1. The fourth-order valence-corrected chi connectivity index (χ4v) is 3.68. The summed E-state index contributed by atoms with van der Waals surface area (Å²) in [5.41, 5.74) is 1.32. The van der Waals surface area contributed by atoms with Crippen molar-refractivity contribution in [3.63, 3.8) is 0 Å². The van der Waals surface area contributed by atoms with Crippen molar-refractivity contribution in [1.29, 1.82) is 0 Å².